The Bertz CT molecular complexity index is 359. The summed E-state index contributed by atoms with van der Waals surface area (Å²) in [7, 11) is 3.20. The topological polar surface area (TPSA) is 60.0 Å². The van der Waals surface area contributed by atoms with Crippen molar-refractivity contribution < 1.29 is 19.3 Å². The maximum Gasteiger partial charge on any atom is 0.124 e. The van der Waals surface area contributed by atoms with E-state index in [1.54, 1.807) is 20.3 Å². The summed E-state index contributed by atoms with van der Waals surface area (Å²) < 4.78 is 15.7. The average Bonchev–Trinajstić information content (AvgIpc) is 2.42. The normalized spacial score (nSPS) is 12.3. The minimum atomic E-state index is -0.556. The third kappa shape index (κ3) is 5.81. The second-order valence-corrected chi connectivity index (χ2v) is 4.52. The van der Waals surface area contributed by atoms with Crippen LogP contribution in [0, 0.1) is 0 Å². The zero-order chi connectivity index (χ0) is 14.3. The molecule has 0 heterocycles. The summed E-state index contributed by atoms with van der Waals surface area (Å²) in [5.41, 5.74) is 0.833. The highest BCUT2D eigenvalue weighted by Crippen LogP contribution is 2.25. The number of nitrogens with one attached hydrogen (secondary N) is 1. The summed E-state index contributed by atoms with van der Waals surface area (Å²) in [5, 5.41) is 12.9. The van der Waals surface area contributed by atoms with Crippen LogP contribution in [-0.4, -0.2) is 44.7 Å². The molecule has 5 nitrogen and oxygen atoms in total. The standard InChI is InChI=1S/C14H23NO4/c1-10(2)19-9-12(16)8-15-11-5-13(17-3)7-14(6-11)18-4/h5-7,10,12,15-16H,8-9H2,1-4H3. The molecule has 0 bridgehead atoms. The molecule has 0 aliphatic rings. The van der Waals surface area contributed by atoms with Crippen molar-refractivity contribution in [2.24, 2.45) is 0 Å². The number of methoxy groups -OCH3 is 2. The lowest BCUT2D eigenvalue weighted by atomic mass is 10.2. The number of anilines is 1. The second-order valence-electron chi connectivity index (χ2n) is 4.52. The predicted octanol–water partition coefficient (Wildman–Crippen LogP) is 1.90. The Morgan fingerprint density at radius 1 is 1.11 bits per heavy atom. The quantitative estimate of drug-likeness (QED) is 0.755. The van der Waals surface area contributed by atoms with Crippen LogP contribution in [0.3, 0.4) is 0 Å². The number of hydrogen-bond donors (Lipinski definition) is 2. The van der Waals surface area contributed by atoms with Gasteiger partial charge in [-0.15, -0.1) is 0 Å². The van der Waals surface area contributed by atoms with Gasteiger partial charge in [0.05, 0.1) is 33.0 Å². The molecular weight excluding hydrogens is 246 g/mol. The molecule has 0 radical (unpaired) electrons. The third-order valence-corrected chi connectivity index (χ3v) is 2.52. The SMILES string of the molecule is COc1cc(NCC(O)COC(C)C)cc(OC)c1. The molecule has 1 rings (SSSR count). The van der Waals surface area contributed by atoms with Gasteiger partial charge in [-0.05, 0) is 13.8 Å². The fourth-order valence-electron chi connectivity index (χ4n) is 1.51. The Morgan fingerprint density at radius 2 is 1.68 bits per heavy atom. The van der Waals surface area contributed by atoms with Crippen LogP contribution in [-0.2, 0) is 4.74 Å². The van der Waals surface area contributed by atoms with Crippen molar-refractivity contribution in [2.45, 2.75) is 26.1 Å². The summed E-state index contributed by atoms with van der Waals surface area (Å²) in [6.07, 6.45) is -0.439. The first-order chi connectivity index (χ1) is 9.05. The zero-order valence-corrected chi connectivity index (χ0v) is 12.0. The number of aliphatic hydroxyl groups excluding tert-OH is 1. The van der Waals surface area contributed by atoms with Gasteiger partial charge in [0.25, 0.3) is 0 Å². The Kier molecular flexibility index (Phi) is 6.45. The number of hydrogen-bond acceptors (Lipinski definition) is 5. The van der Waals surface area contributed by atoms with E-state index in [4.69, 9.17) is 14.2 Å². The van der Waals surface area contributed by atoms with Crippen LogP contribution in [0.2, 0.25) is 0 Å². The molecule has 2 N–H and O–H groups in total. The molecule has 0 aromatic heterocycles. The highest BCUT2D eigenvalue weighted by molar-refractivity contribution is 5.53. The first-order valence-electron chi connectivity index (χ1n) is 6.31. The fourth-order valence-corrected chi connectivity index (χ4v) is 1.51. The van der Waals surface area contributed by atoms with Gasteiger partial charge in [0.2, 0.25) is 0 Å². The Morgan fingerprint density at radius 3 is 2.16 bits per heavy atom. The van der Waals surface area contributed by atoms with Gasteiger partial charge in [-0.1, -0.05) is 0 Å². The summed E-state index contributed by atoms with van der Waals surface area (Å²) in [5.74, 6) is 1.41. The van der Waals surface area contributed by atoms with E-state index < -0.39 is 6.10 Å². The van der Waals surface area contributed by atoms with Gasteiger partial charge in [0, 0.05) is 30.4 Å². The molecule has 0 saturated carbocycles. The lowest BCUT2D eigenvalue weighted by Crippen LogP contribution is -2.26. The molecular formula is C14H23NO4. The molecule has 0 fully saturated rings. The van der Waals surface area contributed by atoms with Crippen LogP contribution >= 0.6 is 0 Å². The van der Waals surface area contributed by atoms with Gasteiger partial charge < -0.3 is 24.6 Å². The predicted molar refractivity (Wildman–Crippen MR) is 75.1 cm³/mol. The largest absolute Gasteiger partial charge is 0.497 e. The maximum absolute atomic E-state index is 9.76. The van der Waals surface area contributed by atoms with Crippen LogP contribution in [0.15, 0.2) is 18.2 Å². The van der Waals surface area contributed by atoms with E-state index in [2.05, 4.69) is 5.32 Å². The highest BCUT2D eigenvalue weighted by atomic mass is 16.5. The van der Waals surface area contributed by atoms with Crippen molar-refractivity contribution in [3.63, 3.8) is 0 Å². The van der Waals surface area contributed by atoms with E-state index in [1.165, 1.54) is 0 Å². The van der Waals surface area contributed by atoms with Gasteiger partial charge in [-0.25, -0.2) is 0 Å². The molecule has 0 aliphatic heterocycles. The molecule has 0 amide bonds. The summed E-state index contributed by atoms with van der Waals surface area (Å²) in [6, 6.07) is 5.49. The van der Waals surface area contributed by atoms with Gasteiger partial charge in [0.1, 0.15) is 11.5 Å². The number of rotatable bonds is 8. The van der Waals surface area contributed by atoms with Gasteiger partial charge >= 0.3 is 0 Å². The fraction of sp³-hybridized carbons (Fsp3) is 0.571. The van der Waals surface area contributed by atoms with Crippen molar-refractivity contribution in [1.82, 2.24) is 0 Å². The molecule has 5 heteroatoms. The average molecular weight is 269 g/mol. The van der Waals surface area contributed by atoms with Crippen molar-refractivity contribution in [2.75, 3.05) is 32.7 Å². The molecule has 19 heavy (non-hydrogen) atoms. The monoisotopic (exact) mass is 269 g/mol. The van der Waals surface area contributed by atoms with Crippen LogP contribution in [0.25, 0.3) is 0 Å². The summed E-state index contributed by atoms with van der Waals surface area (Å²) >= 11 is 0. The Hall–Kier alpha value is -1.46. The van der Waals surface area contributed by atoms with Gasteiger partial charge in [-0.3, -0.25) is 0 Å². The smallest absolute Gasteiger partial charge is 0.124 e. The van der Waals surface area contributed by atoms with Crippen LogP contribution in [0.1, 0.15) is 13.8 Å². The van der Waals surface area contributed by atoms with Crippen molar-refractivity contribution >= 4 is 5.69 Å². The van der Waals surface area contributed by atoms with E-state index in [1.807, 2.05) is 26.0 Å². The second kappa shape index (κ2) is 7.86. The molecule has 1 aromatic rings. The molecule has 1 atom stereocenters. The van der Waals surface area contributed by atoms with E-state index in [0.29, 0.717) is 24.7 Å². The molecule has 0 spiro atoms. The van der Waals surface area contributed by atoms with E-state index in [9.17, 15) is 5.11 Å². The Labute approximate surface area is 114 Å². The van der Waals surface area contributed by atoms with Crippen LogP contribution < -0.4 is 14.8 Å². The number of benzene rings is 1. The molecule has 1 unspecified atom stereocenters. The number of ether oxygens (including phenoxy) is 3. The first kappa shape index (κ1) is 15.6. The van der Waals surface area contributed by atoms with Crippen LogP contribution in [0.4, 0.5) is 5.69 Å². The molecule has 1 aromatic carbocycles. The Balaban J connectivity index is 2.52. The lowest BCUT2D eigenvalue weighted by Gasteiger charge is -2.16. The molecule has 0 aliphatic carbocycles. The van der Waals surface area contributed by atoms with Crippen molar-refractivity contribution in [1.29, 1.82) is 0 Å². The van der Waals surface area contributed by atoms with E-state index in [0.717, 1.165) is 5.69 Å². The zero-order valence-electron chi connectivity index (χ0n) is 12.0. The van der Waals surface area contributed by atoms with E-state index in [-0.39, 0.29) is 6.10 Å². The van der Waals surface area contributed by atoms with Crippen molar-refractivity contribution in [3.05, 3.63) is 18.2 Å². The van der Waals surface area contributed by atoms with E-state index >= 15 is 0 Å². The molecule has 108 valence electrons. The number of aliphatic hydroxyl groups is 1. The minimum absolute atomic E-state index is 0.117. The highest BCUT2D eigenvalue weighted by Gasteiger charge is 2.07. The maximum atomic E-state index is 9.76. The lowest BCUT2D eigenvalue weighted by molar-refractivity contribution is 0.0112. The third-order valence-electron chi connectivity index (χ3n) is 2.52. The molecule has 0 saturated heterocycles. The summed E-state index contributed by atoms with van der Waals surface area (Å²) in [4.78, 5) is 0. The summed E-state index contributed by atoms with van der Waals surface area (Å²) in [6.45, 7) is 4.59. The van der Waals surface area contributed by atoms with Gasteiger partial charge in [-0.2, -0.15) is 0 Å². The van der Waals surface area contributed by atoms with Gasteiger partial charge in [0.15, 0.2) is 0 Å². The van der Waals surface area contributed by atoms with Crippen LogP contribution in [0.5, 0.6) is 11.5 Å². The van der Waals surface area contributed by atoms with Crippen molar-refractivity contribution in [3.8, 4) is 11.5 Å². The first-order valence-corrected chi connectivity index (χ1v) is 6.31. The minimum Gasteiger partial charge on any atom is -0.497 e.